The zero-order valence-electron chi connectivity index (χ0n) is 14.7. The molecule has 6 nitrogen and oxygen atoms in total. The number of ether oxygens (including phenoxy) is 2. The fourth-order valence-corrected chi connectivity index (χ4v) is 2.87. The zero-order chi connectivity index (χ0) is 20.0. The molecule has 0 unspecified atom stereocenters. The summed E-state index contributed by atoms with van der Waals surface area (Å²) in [5.41, 5.74) is 1.31. The predicted octanol–water partition coefficient (Wildman–Crippen LogP) is 4.14. The highest BCUT2D eigenvalue weighted by Crippen LogP contribution is 2.22. The minimum Gasteiger partial charge on any atom is -0.465 e. The van der Waals surface area contributed by atoms with Gasteiger partial charge in [-0.25, -0.2) is 9.59 Å². The molecule has 0 aliphatic heterocycles. The van der Waals surface area contributed by atoms with Crippen LogP contribution in [0.1, 0.15) is 32.7 Å². The summed E-state index contributed by atoms with van der Waals surface area (Å²) in [6.45, 7) is 0. The Morgan fingerprint density at radius 2 is 1.52 bits per heavy atom. The quantitative estimate of drug-likeness (QED) is 0.724. The van der Waals surface area contributed by atoms with Crippen molar-refractivity contribution in [1.82, 2.24) is 0 Å². The highest BCUT2D eigenvalue weighted by Gasteiger charge is 2.15. The number of benzene rings is 2. The van der Waals surface area contributed by atoms with E-state index in [0.717, 1.165) is 5.56 Å². The first-order valence-corrected chi connectivity index (χ1v) is 8.65. The second kappa shape index (κ2) is 9.39. The van der Waals surface area contributed by atoms with Crippen molar-refractivity contribution in [3.8, 4) is 0 Å². The van der Waals surface area contributed by atoms with E-state index in [2.05, 4.69) is 14.8 Å². The molecule has 0 atom stereocenters. The molecule has 142 valence electrons. The Morgan fingerprint density at radius 3 is 2.04 bits per heavy atom. The van der Waals surface area contributed by atoms with Crippen molar-refractivity contribution in [2.24, 2.45) is 0 Å². The molecule has 0 aliphatic carbocycles. The number of aryl methyl sites for hydroxylation is 1. The topological polar surface area (TPSA) is 81.7 Å². The molecule has 27 heavy (non-hydrogen) atoms. The Kier molecular flexibility index (Phi) is 7.21. The first-order chi connectivity index (χ1) is 12.8. The molecule has 0 heterocycles. The summed E-state index contributed by atoms with van der Waals surface area (Å²) in [7, 11) is 2.45. The number of hydrogen-bond donors (Lipinski definition) is 1. The maximum Gasteiger partial charge on any atom is 0.337 e. The van der Waals surface area contributed by atoms with Gasteiger partial charge in [0.1, 0.15) is 0 Å². The number of esters is 2. The van der Waals surface area contributed by atoms with Crippen molar-refractivity contribution in [3.05, 3.63) is 63.1 Å². The molecule has 0 bridgehead atoms. The second-order valence-electron chi connectivity index (χ2n) is 5.57. The van der Waals surface area contributed by atoms with Crippen molar-refractivity contribution in [1.29, 1.82) is 0 Å². The lowest BCUT2D eigenvalue weighted by Gasteiger charge is -2.10. The summed E-state index contributed by atoms with van der Waals surface area (Å²) in [5.74, 6) is -1.58. The normalized spacial score (nSPS) is 10.2. The van der Waals surface area contributed by atoms with Crippen LogP contribution in [0.3, 0.4) is 0 Å². The van der Waals surface area contributed by atoms with Gasteiger partial charge in [0.25, 0.3) is 0 Å². The van der Waals surface area contributed by atoms with Crippen LogP contribution in [0.2, 0.25) is 10.0 Å². The van der Waals surface area contributed by atoms with Gasteiger partial charge in [0.05, 0.1) is 25.3 Å². The third kappa shape index (κ3) is 5.70. The van der Waals surface area contributed by atoms with Gasteiger partial charge >= 0.3 is 11.9 Å². The monoisotopic (exact) mass is 409 g/mol. The predicted molar refractivity (Wildman–Crippen MR) is 103 cm³/mol. The van der Waals surface area contributed by atoms with Gasteiger partial charge in [-0.2, -0.15) is 0 Å². The molecular formula is C19H17Cl2NO5. The fourth-order valence-electron chi connectivity index (χ4n) is 2.37. The summed E-state index contributed by atoms with van der Waals surface area (Å²) in [6, 6.07) is 9.24. The Balaban J connectivity index is 2.13. The number of hydrogen-bond acceptors (Lipinski definition) is 5. The molecule has 0 aromatic heterocycles. The van der Waals surface area contributed by atoms with Gasteiger partial charge < -0.3 is 14.8 Å². The second-order valence-corrected chi connectivity index (χ2v) is 6.41. The molecule has 0 radical (unpaired) electrons. The average molecular weight is 410 g/mol. The fraction of sp³-hybridized carbons (Fsp3) is 0.211. The SMILES string of the molecule is COC(=O)c1cc(NC(=O)CCc2ccc(Cl)cc2Cl)cc(C(=O)OC)c1. The van der Waals surface area contributed by atoms with Crippen LogP contribution in [0.5, 0.6) is 0 Å². The van der Waals surface area contributed by atoms with Crippen molar-refractivity contribution in [2.75, 3.05) is 19.5 Å². The van der Waals surface area contributed by atoms with Crippen LogP contribution in [-0.4, -0.2) is 32.1 Å². The number of halogens is 2. The molecule has 0 saturated carbocycles. The summed E-state index contributed by atoms with van der Waals surface area (Å²) in [5, 5.41) is 3.66. The van der Waals surface area contributed by atoms with Gasteiger partial charge in [-0.05, 0) is 42.3 Å². The number of carbonyl (C=O) groups is 3. The number of rotatable bonds is 6. The summed E-state index contributed by atoms with van der Waals surface area (Å²) >= 11 is 11.9. The molecule has 2 aromatic rings. The van der Waals surface area contributed by atoms with E-state index in [4.69, 9.17) is 23.2 Å². The maximum absolute atomic E-state index is 12.3. The Morgan fingerprint density at radius 1 is 0.926 bits per heavy atom. The van der Waals surface area contributed by atoms with Crippen molar-refractivity contribution < 1.29 is 23.9 Å². The van der Waals surface area contributed by atoms with Crippen LogP contribution in [-0.2, 0) is 20.7 Å². The smallest absolute Gasteiger partial charge is 0.337 e. The van der Waals surface area contributed by atoms with Crippen LogP contribution in [0.15, 0.2) is 36.4 Å². The van der Waals surface area contributed by atoms with E-state index in [1.807, 2.05) is 0 Å². The molecule has 1 amide bonds. The van der Waals surface area contributed by atoms with E-state index in [1.165, 1.54) is 32.4 Å². The molecule has 0 fully saturated rings. The van der Waals surface area contributed by atoms with Crippen LogP contribution in [0.25, 0.3) is 0 Å². The molecule has 1 N–H and O–H groups in total. The molecule has 2 rings (SSSR count). The first kappa shape index (κ1) is 20.7. The lowest BCUT2D eigenvalue weighted by Crippen LogP contribution is -2.14. The van der Waals surface area contributed by atoms with Crippen molar-refractivity contribution in [3.63, 3.8) is 0 Å². The first-order valence-electron chi connectivity index (χ1n) is 7.89. The molecule has 2 aromatic carbocycles. The number of anilines is 1. The summed E-state index contributed by atoms with van der Waals surface area (Å²) < 4.78 is 9.33. The van der Waals surface area contributed by atoms with Crippen LogP contribution in [0, 0.1) is 0 Å². The van der Waals surface area contributed by atoms with Gasteiger partial charge in [-0.3, -0.25) is 4.79 Å². The average Bonchev–Trinajstić information content (AvgIpc) is 2.65. The standard InChI is InChI=1S/C19H17Cl2NO5/c1-26-18(24)12-7-13(19(25)27-2)9-15(8-12)22-17(23)6-4-11-3-5-14(20)10-16(11)21/h3,5,7-10H,4,6H2,1-2H3,(H,22,23). The molecule has 8 heteroatoms. The minimum atomic E-state index is -0.635. The Bertz CT molecular complexity index is 848. The van der Waals surface area contributed by atoms with Crippen molar-refractivity contribution in [2.45, 2.75) is 12.8 Å². The number of methoxy groups -OCH3 is 2. The Hall–Kier alpha value is -2.57. The Labute approximate surface area is 166 Å². The van der Waals surface area contributed by atoms with E-state index in [-0.39, 0.29) is 29.1 Å². The van der Waals surface area contributed by atoms with Crippen molar-refractivity contribution >= 4 is 46.7 Å². The number of amides is 1. The third-order valence-corrected chi connectivity index (χ3v) is 4.28. The van der Waals surface area contributed by atoms with Gasteiger partial charge in [0.15, 0.2) is 0 Å². The lowest BCUT2D eigenvalue weighted by molar-refractivity contribution is -0.116. The number of nitrogens with one attached hydrogen (secondary N) is 1. The van der Waals surface area contributed by atoms with E-state index in [1.54, 1.807) is 18.2 Å². The molecule has 0 aliphatic rings. The van der Waals surface area contributed by atoms with Crippen LogP contribution >= 0.6 is 23.2 Å². The van der Waals surface area contributed by atoms with E-state index < -0.39 is 11.9 Å². The minimum absolute atomic E-state index is 0.122. The lowest BCUT2D eigenvalue weighted by atomic mass is 10.1. The van der Waals surface area contributed by atoms with E-state index >= 15 is 0 Å². The largest absolute Gasteiger partial charge is 0.465 e. The summed E-state index contributed by atoms with van der Waals surface area (Å²) in [6.07, 6.45) is 0.555. The summed E-state index contributed by atoms with van der Waals surface area (Å²) in [4.78, 5) is 35.8. The van der Waals surface area contributed by atoms with Gasteiger partial charge in [0, 0.05) is 22.2 Å². The van der Waals surface area contributed by atoms with E-state index in [9.17, 15) is 14.4 Å². The van der Waals surface area contributed by atoms with Crippen LogP contribution in [0.4, 0.5) is 5.69 Å². The van der Waals surface area contributed by atoms with Gasteiger partial charge in [0.2, 0.25) is 5.91 Å². The maximum atomic E-state index is 12.3. The molecular weight excluding hydrogens is 393 g/mol. The van der Waals surface area contributed by atoms with Gasteiger partial charge in [-0.1, -0.05) is 29.3 Å². The third-order valence-electron chi connectivity index (χ3n) is 3.70. The van der Waals surface area contributed by atoms with Gasteiger partial charge in [-0.15, -0.1) is 0 Å². The number of carbonyl (C=O) groups excluding carboxylic acids is 3. The van der Waals surface area contributed by atoms with Crippen LogP contribution < -0.4 is 5.32 Å². The van der Waals surface area contributed by atoms with E-state index in [0.29, 0.717) is 16.5 Å². The zero-order valence-corrected chi connectivity index (χ0v) is 16.2. The highest BCUT2D eigenvalue weighted by molar-refractivity contribution is 6.35. The molecule has 0 spiro atoms. The molecule has 0 saturated heterocycles. The highest BCUT2D eigenvalue weighted by atomic mass is 35.5.